The molecule has 0 radical (unpaired) electrons. The Balaban J connectivity index is 1.58. The van der Waals surface area contributed by atoms with Crippen molar-refractivity contribution in [2.24, 2.45) is 0 Å². The molecule has 2 aromatic rings. The fraction of sp³-hybridized carbons (Fsp3) is 0.368. The number of fused-ring (bicyclic) bond motifs is 1. The lowest BCUT2D eigenvalue weighted by Gasteiger charge is -2.16. The fourth-order valence-electron chi connectivity index (χ4n) is 2.98. The van der Waals surface area contributed by atoms with Gasteiger partial charge in [0, 0.05) is 12.5 Å². The fourth-order valence-corrected chi connectivity index (χ4v) is 2.98. The minimum atomic E-state index is 0.525. The molecule has 0 amide bonds. The van der Waals surface area contributed by atoms with Crippen molar-refractivity contribution in [2.45, 2.75) is 31.7 Å². The van der Waals surface area contributed by atoms with Gasteiger partial charge >= 0.3 is 0 Å². The van der Waals surface area contributed by atoms with Crippen LogP contribution in [-0.2, 0) is 19.3 Å². The van der Waals surface area contributed by atoms with E-state index in [1.54, 1.807) is 0 Å². The van der Waals surface area contributed by atoms with Crippen molar-refractivity contribution in [3.05, 3.63) is 65.2 Å². The highest BCUT2D eigenvalue weighted by atomic mass is 16.5. The summed E-state index contributed by atoms with van der Waals surface area (Å²) in [7, 11) is 2.06. The molecule has 2 nitrogen and oxygen atoms in total. The first kappa shape index (κ1) is 14.2. The van der Waals surface area contributed by atoms with Crippen molar-refractivity contribution in [3.8, 4) is 5.75 Å². The predicted molar refractivity (Wildman–Crippen MR) is 87.0 cm³/mol. The average molecular weight is 281 g/mol. The first-order valence-electron chi connectivity index (χ1n) is 7.81. The zero-order valence-corrected chi connectivity index (χ0v) is 12.6. The zero-order valence-electron chi connectivity index (χ0n) is 12.6. The van der Waals surface area contributed by atoms with Gasteiger partial charge in [0.25, 0.3) is 0 Å². The minimum absolute atomic E-state index is 0.525. The molecule has 0 fully saturated rings. The molecule has 1 heterocycles. The van der Waals surface area contributed by atoms with Gasteiger partial charge < -0.3 is 10.1 Å². The van der Waals surface area contributed by atoms with E-state index in [9.17, 15) is 0 Å². The van der Waals surface area contributed by atoms with Crippen molar-refractivity contribution in [3.63, 3.8) is 0 Å². The molecule has 1 N–H and O–H groups in total. The van der Waals surface area contributed by atoms with Gasteiger partial charge in [-0.2, -0.15) is 0 Å². The monoisotopic (exact) mass is 281 g/mol. The van der Waals surface area contributed by atoms with Crippen molar-refractivity contribution in [1.29, 1.82) is 0 Å². The Morgan fingerprint density at radius 3 is 2.76 bits per heavy atom. The number of hydrogen-bond acceptors (Lipinski definition) is 2. The lowest BCUT2D eigenvalue weighted by atomic mass is 9.98. The number of ether oxygens (including phenoxy) is 1. The second kappa shape index (κ2) is 6.77. The highest BCUT2D eigenvalue weighted by Crippen LogP contribution is 2.26. The van der Waals surface area contributed by atoms with Crippen LogP contribution in [-0.4, -0.2) is 19.7 Å². The number of rotatable bonds is 6. The van der Waals surface area contributed by atoms with Crippen LogP contribution in [0.3, 0.4) is 0 Å². The van der Waals surface area contributed by atoms with Gasteiger partial charge in [-0.05, 0) is 49.1 Å². The van der Waals surface area contributed by atoms with Gasteiger partial charge in [0.2, 0.25) is 0 Å². The molecule has 0 aliphatic carbocycles. The van der Waals surface area contributed by atoms with Gasteiger partial charge in [-0.15, -0.1) is 0 Å². The van der Waals surface area contributed by atoms with Crippen LogP contribution in [0.15, 0.2) is 48.5 Å². The van der Waals surface area contributed by atoms with Crippen LogP contribution < -0.4 is 10.1 Å². The summed E-state index contributed by atoms with van der Waals surface area (Å²) >= 11 is 0. The summed E-state index contributed by atoms with van der Waals surface area (Å²) in [5.41, 5.74) is 4.20. The van der Waals surface area contributed by atoms with Crippen LogP contribution in [0.5, 0.6) is 5.75 Å². The Morgan fingerprint density at radius 1 is 1.10 bits per heavy atom. The first-order chi connectivity index (χ1) is 10.3. The number of benzene rings is 2. The third kappa shape index (κ3) is 3.64. The van der Waals surface area contributed by atoms with E-state index >= 15 is 0 Å². The summed E-state index contributed by atoms with van der Waals surface area (Å²) in [5, 5.41) is 3.45. The van der Waals surface area contributed by atoms with Gasteiger partial charge in [0.15, 0.2) is 0 Å². The molecule has 21 heavy (non-hydrogen) atoms. The number of hydrogen-bond donors (Lipinski definition) is 1. The Labute approximate surface area is 127 Å². The van der Waals surface area contributed by atoms with Crippen LogP contribution in [0, 0.1) is 0 Å². The molecule has 1 unspecified atom stereocenters. The Kier molecular flexibility index (Phi) is 4.56. The number of likely N-dealkylation sites (N-methyl/N-ethyl adjacent to an activating group) is 1. The van der Waals surface area contributed by atoms with Gasteiger partial charge in [-0.1, -0.05) is 42.5 Å². The van der Waals surface area contributed by atoms with E-state index in [0.29, 0.717) is 6.04 Å². The molecule has 0 spiro atoms. The van der Waals surface area contributed by atoms with Gasteiger partial charge in [0.1, 0.15) is 5.75 Å². The molecule has 2 heteroatoms. The Hall–Kier alpha value is -1.80. The molecule has 0 saturated carbocycles. The topological polar surface area (TPSA) is 21.3 Å². The van der Waals surface area contributed by atoms with E-state index < -0.39 is 0 Å². The quantitative estimate of drug-likeness (QED) is 0.876. The minimum Gasteiger partial charge on any atom is -0.493 e. The van der Waals surface area contributed by atoms with E-state index in [0.717, 1.165) is 38.0 Å². The third-order valence-corrected chi connectivity index (χ3v) is 4.27. The third-order valence-electron chi connectivity index (χ3n) is 4.27. The number of aryl methyl sites for hydroxylation is 1. The van der Waals surface area contributed by atoms with Gasteiger partial charge in [-0.3, -0.25) is 0 Å². The van der Waals surface area contributed by atoms with E-state index in [1.807, 2.05) is 0 Å². The molecule has 3 rings (SSSR count). The molecule has 1 aliphatic rings. The van der Waals surface area contributed by atoms with Crippen molar-refractivity contribution in [1.82, 2.24) is 5.32 Å². The summed E-state index contributed by atoms with van der Waals surface area (Å²) < 4.78 is 5.57. The van der Waals surface area contributed by atoms with E-state index in [2.05, 4.69) is 60.9 Å². The molecule has 0 saturated heterocycles. The summed E-state index contributed by atoms with van der Waals surface area (Å²) in [6, 6.07) is 17.9. The lowest BCUT2D eigenvalue weighted by Crippen LogP contribution is -2.28. The highest BCUT2D eigenvalue weighted by Gasteiger charge is 2.13. The van der Waals surface area contributed by atoms with Crippen LogP contribution in [0.25, 0.3) is 0 Å². The first-order valence-corrected chi connectivity index (χ1v) is 7.81. The van der Waals surface area contributed by atoms with Crippen molar-refractivity contribution in [2.75, 3.05) is 13.7 Å². The summed E-state index contributed by atoms with van der Waals surface area (Å²) in [4.78, 5) is 0. The largest absolute Gasteiger partial charge is 0.493 e. The summed E-state index contributed by atoms with van der Waals surface area (Å²) in [5.74, 6) is 1.08. The maximum atomic E-state index is 5.57. The summed E-state index contributed by atoms with van der Waals surface area (Å²) in [6.07, 6.45) is 4.42. The zero-order chi connectivity index (χ0) is 14.5. The maximum Gasteiger partial charge on any atom is 0.122 e. The van der Waals surface area contributed by atoms with Crippen LogP contribution in [0.2, 0.25) is 0 Å². The second-order valence-electron chi connectivity index (χ2n) is 5.75. The molecule has 0 bridgehead atoms. The maximum absolute atomic E-state index is 5.57. The smallest absolute Gasteiger partial charge is 0.122 e. The predicted octanol–water partition coefficient (Wildman–Crippen LogP) is 3.38. The van der Waals surface area contributed by atoms with Crippen LogP contribution in [0.1, 0.15) is 23.1 Å². The molecular formula is C19H23NO. The molecule has 0 aromatic heterocycles. The normalized spacial score (nSPS) is 14.5. The SMILES string of the molecule is CNC(CCc1ccc2c(c1)CCO2)Cc1ccccc1. The van der Waals surface area contributed by atoms with Crippen LogP contribution >= 0.6 is 0 Å². The molecular weight excluding hydrogens is 258 g/mol. The Morgan fingerprint density at radius 2 is 1.95 bits per heavy atom. The molecule has 1 aliphatic heterocycles. The van der Waals surface area contributed by atoms with Gasteiger partial charge in [0.05, 0.1) is 6.61 Å². The molecule has 1 atom stereocenters. The van der Waals surface area contributed by atoms with E-state index in [-0.39, 0.29) is 0 Å². The van der Waals surface area contributed by atoms with Gasteiger partial charge in [-0.25, -0.2) is 0 Å². The van der Waals surface area contributed by atoms with Crippen LogP contribution in [0.4, 0.5) is 0 Å². The average Bonchev–Trinajstić information content (AvgIpc) is 3.00. The molecule has 110 valence electrons. The summed E-state index contributed by atoms with van der Waals surface area (Å²) in [6.45, 7) is 0.839. The second-order valence-corrected chi connectivity index (χ2v) is 5.75. The van der Waals surface area contributed by atoms with E-state index in [4.69, 9.17) is 4.74 Å². The van der Waals surface area contributed by atoms with Crippen molar-refractivity contribution < 1.29 is 4.74 Å². The lowest BCUT2D eigenvalue weighted by molar-refractivity contribution is 0.357. The van der Waals surface area contributed by atoms with Crippen molar-refractivity contribution >= 4 is 0 Å². The van der Waals surface area contributed by atoms with E-state index in [1.165, 1.54) is 16.7 Å². The highest BCUT2D eigenvalue weighted by molar-refractivity contribution is 5.39. The standard InChI is InChI=1S/C19H23NO/c1-20-18(14-15-5-3-2-4-6-15)9-7-16-8-10-19-17(13-16)11-12-21-19/h2-6,8,10,13,18,20H,7,9,11-12,14H2,1H3. The number of nitrogens with one attached hydrogen (secondary N) is 1. The Bertz CT molecular complexity index is 579. The molecule has 2 aromatic carbocycles.